The van der Waals surface area contributed by atoms with Crippen LogP contribution in [0, 0.1) is 11.6 Å². The summed E-state index contributed by atoms with van der Waals surface area (Å²) in [6.45, 7) is 2.81. The molecular weight excluding hydrogens is 298 g/mol. The van der Waals surface area contributed by atoms with Gasteiger partial charge < -0.3 is 15.4 Å². The van der Waals surface area contributed by atoms with Crippen molar-refractivity contribution in [2.24, 2.45) is 5.73 Å². The van der Waals surface area contributed by atoms with Crippen LogP contribution in [-0.4, -0.2) is 24.9 Å². The maximum atomic E-state index is 14.0. The molecule has 0 amide bonds. The van der Waals surface area contributed by atoms with Gasteiger partial charge >= 0.3 is 0 Å². The third-order valence-electron chi connectivity index (χ3n) is 3.82. The first-order chi connectivity index (χ1) is 9.71. The van der Waals surface area contributed by atoms with E-state index in [0.717, 1.165) is 18.2 Å². The minimum atomic E-state index is -1.92. The lowest BCUT2D eigenvalue weighted by Crippen LogP contribution is -2.57. The van der Waals surface area contributed by atoms with Gasteiger partial charge in [0.1, 0.15) is 40.4 Å². The van der Waals surface area contributed by atoms with E-state index in [4.69, 9.17) is 18.0 Å². The standard InChI is InChI=1S/C13H14F2N4OS/c1-12(11(16)21,19-6-17-18-7-19)13(2,20)9-5-8(14)3-4-10(9)15/h3-7,20H,1-2H3,(H2,16,21)/t12-,13+/m0/s1. The van der Waals surface area contributed by atoms with Gasteiger partial charge in [0.2, 0.25) is 0 Å². The van der Waals surface area contributed by atoms with Gasteiger partial charge in [0.25, 0.3) is 0 Å². The Hall–Kier alpha value is -1.93. The summed E-state index contributed by atoms with van der Waals surface area (Å²) in [5.74, 6) is -1.45. The predicted molar refractivity (Wildman–Crippen MR) is 76.4 cm³/mol. The summed E-state index contributed by atoms with van der Waals surface area (Å²) < 4.78 is 28.8. The van der Waals surface area contributed by atoms with Crippen molar-refractivity contribution in [3.63, 3.8) is 0 Å². The molecule has 0 unspecified atom stereocenters. The van der Waals surface area contributed by atoms with Crippen LogP contribution in [0.5, 0.6) is 0 Å². The zero-order valence-corrected chi connectivity index (χ0v) is 12.2. The maximum absolute atomic E-state index is 14.0. The first kappa shape index (κ1) is 15.5. The lowest BCUT2D eigenvalue weighted by molar-refractivity contribution is -0.0250. The predicted octanol–water partition coefficient (Wildman–Crippen LogP) is 1.47. The van der Waals surface area contributed by atoms with E-state index in [1.165, 1.54) is 31.1 Å². The number of aliphatic hydroxyl groups is 1. The molecule has 0 spiro atoms. The second kappa shape index (κ2) is 5.12. The van der Waals surface area contributed by atoms with Crippen molar-refractivity contribution < 1.29 is 13.9 Å². The number of hydrogen-bond donors (Lipinski definition) is 2. The van der Waals surface area contributed by atoms with E-state index >= 15 is 0 Å². The van der Waals surface area contributed by atoms with Crippen LogP contribution in [-0.2, 0) is 11.1 Å². The van der Waals surface area contributed by atoms with Crippen LogP contribution in [0.1, 0.15) is 19.4 Å². The quantitative estimate of drug-likeness (QED) is 0.836. The monoisotopic (exact) mass is 312 g/mol. The first-order valence-electron chi connectivity index (χ1n) is 6.04. The summed E-state index contributed by atoms with van der Waals surface area (Å²) >= 11 is 5.03. The van der Waals surface area contributed by atoms with Gasteiger partial charge in [-0.25, -0.2) is 8.78 Å². The number of thiocarbonyl (C=S) groups is 1. The van der Waals surface area contributed by atoms with Crippen LogP contribution < -0.4 is 5.73 Å². The molecule has 2 atom stereocenters. The highest BCUT2D eigenvalue weighted by molar-refractivity contribution is 7.80. The number of benzene rings is 1. The lowest BCUT2D eigenvalue weighted by atomic mass is 9.76. The van der Waals surface area contributed by atoms with Crippen LogP contribution in [0.25, 0.3) is 0 Å². The number of nitrogens with zero attached hydrogens (tertiary/aromatic N) is 3. The summed E-state index contributed by atoms with van der Waals surface area (Å²) in [5, 5.41) is 18.2. The van der Waals surface area contributed by atoms with Gasteiger partial charge in [0.15, 0.2) is 0 Å². The van der Waals surface area contributed by atoms with Crippen molar-refractivity contribution in [1.82, 2.24) is 14.8 Å². The normalized spacial score (nSPS) is 17.0. The van der Waals surface area contributed by atoms with E-state index < -0.39 is 22.8 Å². The summed E-state index contributed by atoms with van der Waals surface area (Å²) in [4.78, 5) is -0.115. The van der Waals surface area contributed by atoms with Gasteiger partial charge in [0.05, 0.1) is 0 Å². The van der Waals surface area contributed by atoms with Gasteiger partial charge in [-0.1, -0.05) is 12.2 Å². The Labute approximate surface area is 125 Å². The zero-order valence-electron chi connectivity index (χ0n) is 11.4. The molecule has 0 aliphatic carbocycles. The molecule has 21 heavy (non-hydrogen) atoms. The topological polar surface area (TPSA) is 77.0 Å². The van der Waals surface area contributed by atoms with Crippen molar-refractivity contribution in [2.75, 3.05) is 0 Å². The fourth-order valence-electron chi connectivity index (χ4n) is 2.18. The Morgan fingerprint density at radius 1 is 1.29 bits per heavy atom. The van der Waals surface area contributed by atoms with E-state index in [1.807, 2.05) is 0 Å². The van der Waals surface area contributed by atoms with E-state index in [9.17, 15) is 13.9 Å². The molecule has 1 aromatic heterocycles. The minimum absolute atomic E-state index is 0.115. The summed E-state index contributed by atoms with van der Waals surface area (Å²) in [6.07, 6.45) is 2.59. The van der Waals surface area contributed by atoms with E-state index in [-0.39, 0.29) is 10.6 Å². The molecule has 2 aromatic rings. The zero-order chi connectivity index (χ0) is 15.8. The second-order valence-corrected chi connectivity index (χ2v) is 5.44. The number of aromatic nitrogens is 3. The van der Waals surface area contributed by atoms with E-state index in [1.54, 1.807) is 0 Å². The van der Waals surface area contributed by atoms with Crippen LogP contribution in [0.2, 0.25) is 0 Å². The Kier molecular flexibility index (Phi) is 3.77. The molecule has 0 radical (unpaired) electrons. The first-order valence-corrected chi connectivity index (χ1v) is 6.45. The summed E-state index contributed by atoms with van der Waals surface area (Å²) in [6, 6.07) is 2.81. The molecule has 0 aliphatic rings. The molecule has 8 heteroatoms. The fourth-order valence-corrected chi connectivity index (χ4v) is 2.49. The molecule has 1 heterocycles. The molecule has 112 valence electrons. The van der Waals surface area contributed by atoms with Crippen molar-refractivity contribution >= 4 is 17.2 Å². The molecule has 0 saturated heterocycles. The third-order valence-corrected chi connectivity index (χ3v) is 4.21. The average molecular weight is 312 g/mol. The molecule has 2 rings (SSSR count). The Morgan fingerprint density at radius 3 is 2.38 bits per heavy atom. The molecule has 0 bridgehead atoms. The van der Waals surface area contributed by atoms with Gasteiger partial charge in [-0.2, -0.15) is 0 Å². The Bertz CT molecular complexity index is 675. The van der Waals surface area contributed by atoms with Gasteiger partial charge in [-0.3, -0.25) is 0 Å². The Balaban J connectivity index is 2.69. The van der Waals surface area contributed by atoms with Crippen molar-refractivity contribution in [3.05, 3.63) is 48.1 Å². The van der Waals surface area contributed by atoms with Crippen LogP contribution >= 0.6 is 12.2 Å². The summed E-state index contributed by atoms with van der Waals surface area (Å²) in [7, 11) is 0. The van der Waals surface area contributed by atoms with E-state index in [0.29, 0.717) is 0 Å². The largest absolute Gasteiger partial charge is 0.391 e. The molecular formula is C13H14F2N4OS. The van der Waals surface area contributed by atoms with Crippen molar-refractivity contribution in [2.45, 2.75) is 25.0 Å². The highest BCUT2D eigenvalue weighted by Crippen LogP contribution is 2.40. The second-order valence-electron chi connectivity index (χ2n) is 5.00. The maximum Gasteiger partial charge on any atom is 0.129 e. The average Bonchev–Trinajstić information content (AvgIpc) is 2.94. The third kappa shape index (κ3) is 2.30. The molecule has 5 nitrogen and oxygen atoms in total. The van der Waals surface area contributed by atoms with Gasteiger partial charge in [0, 0.05) is 5.56 Å². The lowest BCUT2D eigenvalue weighted by Gasteiger charge is -2.42. The summed E-state index contributed by atoms with van der Waals surface area (Å²) in [5.41, 5.74) is 2.13. The van der Waals surface area contributed by atoms with Crippen molar-refractivity contribution in [1.29, 1.82) is 0 Å². The smallest absolute Gasteiger partial charge is 0.129 e. The highest BCUT2D eigenvalue weighted by atomic mass is 32.1. The minimum Gasteiger partial charge on any atom is -0.391 e. The number of halogens is 2. The molecule has 0 fully saturated rings. The van der Waals surface area contributed by atoms with Crippen LogP contribution in [0.15, 0.2) is 30.9 Å². The van der Waals surface area contributed by atoms with Crippen molar-refractivity contribution in [3.8, 4) is 0 Å². The number of rotatable bonds is 4. The SMILES string of the molecule is C[C@@](O)(c1cc(F)ccc1F)[C@](C)(C(N)=S)n1cnnc1. The van der Waals surface area contributed by atoms with Crippen LogP contribution in [0.3, 0.4) is 0 Å². The van der Waals surface area contributed by atoms with Gasteiger partial charge in [-0.15, -0.1) is 10.2 Å². The molecule has 3 N–H and O–H groups in total. The Morgan fingerprint density at radius 2 is 1.86 bits per heavy atom. The highest BCUT2D eigenvalue weighted by Gasteiger charge is 2.50. The fraction of sp³-hybridized carbons (Fsp3) is 0.308. The van der Waals surface area contributed by atoms with Crippen LogP contribution in [0.4, 0.5) is 8.78 Å². The molecule has 0 aliphatic heterocycles. The van der Waals surface area contributed by atoms with Gasteiger partial charge in [-0.05, 0) is 32.0 Å². The van der Waals surface area contributed by atoms with E-state index in [2.05, 4.69) is 10.2 Å². The number of nitrogens with two attached hydrogens (primary N) is 1. The molecule has 1 aromatic carbocycles. The molecule has 0 saturated carbocycles. The number of hydrogen-bond acceptors (Lipinski definition) is 4.